The molecule has 0 unspecified atom stereocenters. The lowest BCUT2D eigenvalue weighted by Crippen LogP contribution is -2.36. The number of terminal acetylenes is 1. The van der Waals surface area contributed by atoms with Crippen molar-refractivity contribution in [2.24, 2.45) is 5.92 Å². The van der Waals surface area contributed by atoms with Crippen LogP contribution in [0.15, 0.2) is 24.3 Å². The molecule has 23 heavy (non-hydrogen) atoms. The van der Waals surface area contributed by atoms with Crippen molar-refractivity contribution in [1.29, 1.82) is 0 Å². The van der Waals surface area contributed by atoms with Gasteiger partial charge >= 0.3 is 11.9 Å². The lowest BCUT2D eigenvalue weighted by Gasteiger charge is -2.21. The number of hydrogen-bond donors (Lipinski definition) is 0. The molecule has 0 saturated carbocycles. The predicted molar refractivity (Wildman–Crippen MR) is 83.3 cm³/mol. The summed E-state index contributed by atoms with van der Waals surface area (Å²) in [6.07, 6.45) is 5.95. The van der Waals surface area contributed by atoms with E-state index in [9.17, 15) is 18.4 Å². The number of benzene rings is 1. The summed E-state index contributed by atoms with van der Waals surface area (Å²) >= 11 is 0. The van der Waals surface area contributed by atoms with Gasteiger partial charge in [-0.1, -0.05) is 35.7 Å². The Balaban J connectivity index is 2.67. The molecular weight excluding hydrogens is 302 g/mol. The Morgan fingerprint density at radius 2 is 1.87 bits per heavy atom. The largest absolute Gasteiger partial charge is 0.466 e. The molecule has 5 heteroatoms. The minimum Gasteiger partial charge on any atom is -0.466 e. The summed E-state index contributed by atoms with van der Waals surface area (Å²) in [4.78, 5) is 22.6. The molecule has 0 fully saturated rings. The van der Waals surface area contributed by atoms with Crippen molar-refractivity contribution in [3.63, 3.8) is 0 Å². The van der Waals surface area contributed by atoms with E-state index in [-0.39, 0.29) is 18.6 Å². The second-order valence-electron chi connectivity index (χ2n) is 5.37. The van der Waals surface area contributed by atoms with E-state index < -0.39 is 23.6 Å². The van der Waals surface area contributed by atoms with E-state index in [1.165, 1.54) is 19.1 Å². The number of alkyl halides is 2. The molecule has 1 atom stereocenters. The minimum atomic E-state index is -3.62. The van der Waals surface area contributed by atoms with Crippen LogP contribution in [-0.2, 0) is 9.53 Å². The topological polar surface area (TPSA) is 43.4 Å². The number of esters is 1. The lowest BCUT2D eigenvalue weighted by atomic mass is 9.90. The van der Waals surface area contributed by atoms with E-state index >= 15 is 0 Å². The summed E-state index contributed by atoms with van der Waals surface area (Å²) < 4.78 is 33.4. The van der Waals surface area contributed by atoms with E-state index in [0.29, 0.717) is 12.8 Å². The SMILES string of the molecule is C#C[C@H](CCCCOC(C)=O)C(F)(F)C(=O)c1ccc(C)cc1. The van der Waals surface area contributed by atoms with Crippen LogP contribution in [0.25, 0.3) is 0 Å². The van der Waals surface area contributed by atoms with Crippen LogP contribution in [0, 0.1) is 25.2 Å². The summed E-state index contributed by atoms with van der Waals surface area (Å²) in [6.45, 7) is 3.24. The number of Topliss-reactive ketones (excluding diaryl/α,β-unsaturated/α-hetero) is 1. The second kappa shape index (κ2) is 8.42. The summed E-state index contributed by atoms with van der Waals surface area (Å²) in [5, 5.41) is 0. The normalized spacial score (nSPS) is 12.3. The van der Waals surface area contributed by atoms with Gasteiger partial charge in [0, 0.05) is 12.5 Å². The van der Waals surface area contributed by atoms with Crippen molar-refractivity contribution in [3.8, 4) is 12.3 Å². The van der Waals surface area contributed by atoms with E-state index in [2.05, 4.69) is 0 Å². The molecule has 0 radical (unpaired) electrons. The predicted octanol–water partition coefficient (Wildman–Crippen LogP) is 3.80. The minimum absolute atomic E-state index is 0.0115. The molecular formula is C18H20F2O3. The molecule has 1 aromatic rings. The highest BCUT2D eigenvalue weighted by molar-refractivity contribution is 6.01. The van der Waals surface area contributed by atoms with Gasteiger partial charge < -0.3 is 4.74 Å². The third-order valence-corrected chi connectivity index (χ3v) is 3.45. The van der Waals surface area contributed by atoms with Gasteiger partial charge in [0.2, 0.25) is 5.78 Å². The highest BCUT2D eigenvalue weighted by Crippen LogP contribution is 2.32. The first-order valence-corrected chi connectivity index (χ1v) is 7.37. The van der Waals surface area contributed by atoms with Crippen LogP contribution in [-0.4, -0.2) is 24.3 Å². The van der Waals surface area contributed by atoms with Crippen molar-refractivity contribution in [3.05, 3.63) is 35.4 Å². The smallest absolute Gasteiger partial charge is 0.323 e. The zero-order valence-electron chi connectivity index (χ0n) is 13.3. The molecule has 0 spiro atoms. The van der Waals surface area contributed by atoms with Gasteiger partial charge in [0.25, 0.3) is 0 Å². The number of rotatable bonds is 8. The first kappa shape index (κ1) is 18.8. The summed E-state index contributed by atoms with van der Waals surface area (Å²) in [5.74, 6) is -4.75. The van der Waals surface area contributed by atoms with Gasteiger partial charge in [-0.05, 0) is 26.2 Å². The van der Waals surface area contributed by atoms with Gasteiger partial charge in [-0.3, -0.25) is 9.59 Å². The highest BCUT2D eigenvalue weighted by Gasteiger charge is 2.46. The maximum Gasteiger partial charge on any atom is 0.323 e. The average molecular weight is 322 g/mol. The van der Waals surface area contributed by atoms with Crippen molar-refractivity contribution < 1.29 is 23.1 Å². The lowest BCUT2D eigenvalue weighted by molar-refractivity contribution is -0.141. The monoisotopic (exact) mass is 322 g/mol. The number of carbonyl (C=O) groups is 2. The van der Waals surface area contributed by atoms with Gasteiger partial charge in [0.15, 0.2) is 0 Å². The number of unbranched alkanes of at least 4 members (excludes halogenated alkanes) is 1. The highest BCUT2D eigenvalue weighted by atomic mass is 19.3. The zero-order chi connectivity index (χ0) is 17.5. The number of ether oxygens (including phenoxy) is 1. The fraction of sp³-hybridized carbons (Fsp3) is 0.444. The van der Waals surface area contributed by atoms with Crippen LogP contribution in [0.3, 0.4) is 0 Å². The van der Waals surface area contributed by atoms with Gasteiger partial charge in [0.1, 0.15) is 0 Å². The second-order valence-corrected chi connectivity index (χ2v) is 5.37. The van der Waals surface area contributed by atoms with Crippen LogP contribution >= 0.6 is 0 Å². The Labute approximate surface area is 135 Å². The number of aryl methyl sites for hydroxylation is 1. The van der Waals surface area contributed by atoms with E-state index in [4.69, 9.17) is 11.2 Å². The number of halogens is 2. The molecule has 0 aliphatic heterocycles. The molecule has 0 aromatic heterocycles. The molecule has 0 saturated heterocycles. The first-order valence-electron chi connectivity index (χ1n) is 7.37. The summed E-state index contributed by atoms with van der Waals surface area (Å²) in [5.41, 5.74) is 0.824. The standard InChI is InChI=1S/C18H20F2O3/c1-4-16(7-5-6-12-23-14(3)21)18(19,20)17(22)15-10-8-13(2)9-11-15/h1,8-11,16H,5-7,12H2,2-3H3/t16-/m1/s1. The Hall–Kier alpha value is -2.22. The maximum atomic E-state index is 14.3. The molecule has 0 heterocycles. The Kier molecular flexibility index (Phi) is 6.89. The molecule has 0 amide bonds. The molecule has 0 aliphatic carbocycles. The Morgan fingerprint density at radius 3 is 2.39 bits per heavy atom. The van der Waals surface area contributed by atoms with E-state index in [1.807, 2.05) is 5.92 Å². The zero-order valence-corrected chi connectivity index (χ0v) is 13.3. The average Bonchev–Trinajstić information content (AvgIpc) is 2.50. The fourth-order valence-corrected chi connectivity index (χ4v) is 2.09. The van der Waals surface area contributed by atoms with Gasteiger partial charge in [-0.25, -0.2) is 0 Å². The molecule has 0 bridgehead atoms. The molecule has 1 rings (SSSR count). The van der Waals surface area contributed by atoms with Crippen LogP contribution in [0.2, 0.25) is 0 Å². The van der Waals surface area contributed by atoms with Crippen molar-refractivity contribution in [2.75, 3.05) is 6.61 Å². The van der Waals surface area contributed by atoms with Crippen molar-refractivity contribution >= 4 is 11.8 Å². The van der Waals surface area contributed by atoms with Gasteiger partial charge in [-0.15, -0.1) is 6.42 Å². The quantitative estimate of drug-likeness (QED) is 0.316. The van der Waals surface area contributed by atoms with Crippen LogP contribution < -0.4 is 0 Å². The van der Waals surface area contributed by atoms with Gasteiger partial charge in [-0.2, -0.15) is 8.78 Å². The van der Waals surface area contributed by atoms with E-state index in [0.717, 1.165) is 5.56 Å². The third-order valence-electron chi connectivity index (χ3n) is 3.45. The van der Waals surface area contributed by atoms with Crippen molar-refractivity contribution in [2.45, 2.75) is 39.0 Å². The van der Waals surface area contributed by atoms with Gasteiger partial charge in [0.05, 0.1) is 12.5 Å². The van der Waals surface area contributed by atoms with Crippen LogP contribution in [0.5, 0.6) is 0 Å². The molecule has 1 aromatic carbocycles. The van der Waals surface area contributed by atoms with E-state index in [1.54, 1.807) is 19.1 Å². The van der Waals surface area contributed by atoms with Crippen LogP contribution in [0.4, 0.5) is 8.78 Å². The molecule has 0 N–H and O–H groups in total. The molecule has 3 nitrogen and oxygen atoms in total. The summed E-state index contributed by atoms with van der Waals surface area (Å²) in [7, 11) is 0. The summed E-state index contributed by atoms with van der Waals surface area (Å²) in [6, 6.07) is 5.96. The fourth-order valence-electron chi connectivity index (χ4n) is 2.09. The first-order chi connectivity index (χ1) is 10.8. The molecule has 124 valence electrons. The maximum absolute atomic E-state index is 14.3. The third kappa shape index (κ3) is 5.48. The Morgan fingerprint density at radius 1 is 1.26 bits per heavy atom. The van der Waals surface area contributed by atoms with Crippen LogP contribution in [0.1, 0.15) is 42.1 Å². The molecule has 0 aliphatic rings. The number of carbonyl (C=O) groups excluding carboxylic acids is 2. The number of ketones is 1. The van der Waals surface area contributed by atoms with Crippen molar-refractivity contribution in [1.82, 2.24) is 0 Å². The Bertz CT molecular complexity index is 585. The number of hydrogen-bond acceptors (Lipinski definition) is 3.